The first-order chi connectivity index (χ1) is 11.6. The number of aromatic amines is 1. The van der Waals surface area contributed by atoms with Crippen molar-refractivity contribution in [3.63, 3.8) is 0 Å². The van der Waals surface area contributed by atoms with Gasteiger partial charge in [-0.15, -0.1) is 0 Å². The molecule has 0 radical (unpaired) electrons. The van der Waals surface area contributed by atoms with E-state index in [9.17, 15) is 19.1 Å². The third kappa shape index (κ3) is 3.00. The van der Waals surface area contributed by atoms with E-state index in [0.717, 1.165) is 16.7 Å². The van der Waals surface area contributed by atoms with Gasteiger partial charge in [0, 0.05) is 6.21 Å². The number of para-hydroxylation sites is 1. The molecule has 1 aromatic heterocycles. The molecule has 0 aliphatic heterocycles. The number of aliphatic imine (C=N–C) groups is 1. The summed E-state index contributed by atoms with van der Waals surface area (Å²) in [4.78, 5) is 30.1. The normalized spacial score (nSPS) is 11.0. The maximum absolute atomic E-state index is 13.0. The Kier molecular flexibility index (Phi) is 4.07. The van der Waals surface area contributed by atoms with Crippen molar-refractivity contribution in [3.05, 3.63) is 86.8 Å². The molecule has 0 saturated heterocycles. The summed E-state index contributed by atoms with van der Waals surface area (Å²) in [6.07, 6.45) is 1.17. The van der Waals surface area contributed by atoms with Crippen molar-refractivity contribution in [1.29, 1.82) is 0 Å². The minimum atomic E-state index is -0.832. The maximum atomic E-state index is 13.0. The molecule has 0 fully saturated rings. The average molecular weight is 325 g/mol. The number of halogens is 1. The van der Waals surface area contributed by atoms with Gasteiger partial charge in [-0.25, -0.2) is 13.8 Å². The van der Waals surface area contributed by atoms with Crippen LogP contribution in [0.25, 0.3) is 5.69 Å². The van der Waals surface area contributed by atoms with E-state index in [2.05, 4.69) is 9.98 Å². The lowest BCUT2D eigenvalue weighted by Crippen LogP contribution is -2.31. The smallest absolute Gasteiger partial charge is 0.335 e. The molecule has 0 bridgehead atoms. The Morgan fingerprint density at radius 3 is 2.38 bits per heavy atom. The van der Waals surface area contributed by atoms with Crippen LogP contribution in [0.15, 0.2) is 69.2 Å². The van der Waals surface area contributed by atoms with E-state index < -0.39 is 22.9 Å². The molecule has 6 nitrogen and oxygen atoms in total. The highest BCUT2D eigenvalue weighted by Crippen LogP contribution is 2.17. The average Bonchev–Trinajstić information content (AvgIpc) is 2.57. The first kappa shape index (κ1) is 15.4. The summed E-state index contributed by atoms with van der Waals surface area (Å²) in [6, 6.07) is 13.7. The molecule has 24 heavy (non-hydrogen) atoms. The fourth-order valence-electron chi connectivity index (χ4n) is 2.14. The Morgan fingerprint density at radius 2 is 1.71 bits per heavy atom. The van der Waals surface area contributed by atoms with Crippen LogP contribution < -0.4 is 11.2 Å². The van der Waals surface area contributed by atoms with E-state index in [1.807, 2.05) is 6.07 Å². The summed E-state index contributed by atoms with van der Waals surface area (Å²) in [5, 5.41) is 10.3. The van der Waals surface area contributed by atoms with Gasteiger partial charge in [0.25, 0.3) is 5.56 Å². The van der Waals surface area contributed by atoms with Crippen LogP contribution in [0.2, 0.25) is 0 Å². The van der Waals surface area contributed by atoms with E-state index in [0.29, 0.717) is 5.69 Å². The molecule has 0 spiro atoms. The van der Waals surface area contributed by atoms with Gasteiger partial charge in [0.1, 0.15) is 11.4 Å². The molecule has 0 unspecified atom stereocenters. The van der Waals surface area contributed by atoms with Crippen molar-refractivity contribution in [3.8, 4) is 11.6 Å². The van der Waals surface area contributed by atoms with Crippen LogP contribution in [0.5, 0.6) is 5.88 Å². The summed E-state index contributed by atoms with van der Waals surface area (Å²) in [6.45, 7) is 0. The first-order valence-electron chi connectivity index (χ1n) is 6.99. The quantitative estimate of drug-likeness (QED) is 0.723. The minimum absolute atomic E-state index is 0.178. The summed E-state index contributed by atoms with van der Waals surface area (Å²) in [5.41, 5.74) is -0.986. The molecule has 0 atom stereocenters. The van der Waals surface area contributed by atoms with Crippen LogP contribution in [0.3, 0.4) is 0 Å². The minimum Gasteiger partial charge on any atom is -0.493 e. The molecule has 7 heteroatoms. The Hall–Kier alpha value is -3.48. The monoisotopic (exact) mass is 325 g/mol. The number of nitrogens with zero attached hydrogens (tertiary/aromatic N) is 2. The molecule has 3 aromatic rings. The van der Waals surface area contributed by atoms with Gasteiger partial charge in [-0.3, -0.25) is 14.8 Å². The van der Waals surface area contributed by atoms with Gasteiger partial charge in [-0.2, -0.15) is 0 Å². The highest BCUT2D eigenvalue weighted by Gasteiger charge is 2.14. The maximum Gasteiger partial charge on any atom is 0.335 e. The van der Waals surface area contributed by atoms with Crippen LogP contribution in [-0.4, -0.2) is 20.9 Å². The summed E-state index contributed by atoms with van der Waals surface area (Å²) in [5.74, 6) is -1.06. The number of hydrogen-bond donors (Lipinski definition) is 2. The van der Waals surface area contributed by atoms with Gasteiger partial charge >= 0.3 is 5.69 Å². The predicted molar refractivity (Wildman–Crippen MR) is 88.0 cm³/mol. The van der Waals surface area contributed by atoms with Crippen LogP contribution in [0.1, 0.15) is 5.56 Å². The molecular weight excluding hydrogens is 313 g/mol. The van der Waals surface area contributed by atoms with Crippen molar-refractivity contribution in [1.82, 2.24) is 9.55 Å². The zero-order chi connectivity index (χ0) is 17.1. The number of benzene rings is 2. The molecule has 0 aliphatic rings. The third-order valence-corrected chi connectivity index (χ3v) is 3.30. The molecule has 3 rings (SSSR count). The van der Waals surface area contributed by atoms with Gasteiger partial charge in [0.05, 0.1) is 11.4 Å². The highest BCUT2D eigenvalue weighted by molar-refractivity contribution is 5.84. The molecule has 120 valence electrons. The van der Waals surface area contributed by atoms with Crippen LogP contribution in [0.4, 0.5) is 10.1 Å². The van der Waals surface area contributed by atoms with E-state index in [4.69, 9.17) is 0 Å². The van der Waals surface area contributed by atoms with Crippen LogP contribution >= 0.6 is 0 Å². The van der Waals surface area contributed by atoms with Crippen LogP contribution in [0, 0.1) is 5.82 Å². The van der Waals surface area contributed by atoms with E-state index >= 15 is 0 Å². The number of H-pyrrole nitrogens is 1. The van der Waals surface area contributed by atoms with Gasteiger partial charge < -0.3 is 5.11 Å². The first-order valence-corrected chi connectivity index (χ1v) is 6.99. The fourth-order valence-corrected chi connectivity index (χ4v) is 2.14. The Labute approximate surface area is 135 Å². The van der Waals surface area contributed by atoms with Gasteiger partial charge in [0.2, 0.25) is 5.88 Å². The lowest BCUT2D eigenvalue weighted by Gasteiger charge is -2.09. The van der Waals surface area contributed by atoms with E-state index in [1.165, 1.54) is 18.3 Å². The SMILES string of the molecule is O=c1[nH]c(=O)n(-c2ccc(F)cc2)c(O)c1C=Nc1ccccc1. The number of hydrogen-bond acceptors (Lipinski definition) is 4. The standard InChI is InChI=1S/C17H12FN3O3/c18-11-6-8-13(9-7-11)21-16(23)14(15(22)20-17(21)24)10-19-12-4-2-1-3-5-12/h1-10,23H,(H,20,22,24). The molecule has 2 aromatic carbocycles. The molecule has 1 heterocycles. The topological polar surface area (TPSA) is 87.5 Å². The molecule has 0 amide bonds. The predicted octanol–water partition coefficient (Wildman–Crippen LogP) is 2.12. The molecular formula is C17H12FN3O3. The van der Waals surface area contributed by atoms with Gasteiger partial charge in [-0.1, -0.05) is 18.2 Å². The highest BCUT2D eigenvalue weighted by atomic mass is 19.1. The Bertz CT molecular complexity index is 1010. The van der Waals surface area contributed by atoms with Gasteiger partial charge in [-0.05, 0) is 36.4 Å². The summed E-state index contributed by atoms with van der Waals surface area (Å²) >= 11 is 0. The molecule has 2 N–H and O–H groups in total. The zero-order valence-electron chi connectivity index (χ0n) is 12.3. The fraction of sp³-hybridized carbons (Fsp3) is 0. The third-order valence-electron chi connectivity index (χ3n) is 3.30. The summed E-state index contributed by atoms with van der Waals surface area (Å²) in [7, 11) is 0. The Balaban J connectivity index is 2.13. The van der Waals surface area contributed by atoms with E-state index in [-0.39, 0.29) is 11.3 Å². The molecule has 0 aliphatic carbocycles. The summed E-state index contributed by atoms with van der Waals surface area (Å²) < 4.78 is 13.9. The van der Waals surface area contributed by atoms with Crippen molar-refractivity contribution in [2.75, 3.05) is 0 Å². The van der Waals surface area contributed by atoms with Crippen molar-refractivity contribution in [2.24, 2.45) is 4.99 Å². The van der Waals surface area contributed by atoms with Crippen molar-refractivity contribution in [2.45, 2.75) is 0 Å². The van der Waals surface area contributed by atoms with Crippen LogP contribution in [-0.2, 0) is 0 Å². The second-order valence-corrected chi connectivity index (χ2v) is 4.90. The molecule has 0 saturated carbocycles. The number of nitrogens with one attached hydrogen (secondary N) is 1. The van der Waals surface area contributed by atoms with Gasteiger partial charge in [0.15, 0.2) is 0 Å². The lowest BCUT2D eigenvalue weighted by atomic mass is 10.2. The Morgan fingerprint density at radius 1 is 1.04 bits per heavy atom. The number of aromatic nitrogens is 2. The zero-order valence-corrected chi connectivity index (χ0v) is 12.3. The number of aromatic hydroxyl groups is 1. The van der Waals surface area contributed by atoms with Crippen molar-refractivity contribution < 1.29 is 9.50 Å². The number of rotatable bonds is 3. The van der Waals surface area contributed by atoms with Crippen molar-refractivity contribution >= 4 is 11.9 Å². The largest absolute Gasteiger partial charge is 0.493 e. The second kappa shape index (κ2) is 6.33. The lowest BCUT2D eigenvalue weighted by molar-refractivity contribution is 0.430. The van der Waals surface area contributed by atoms with E-state index in [1.54, 1.807) is 24.3 Å². The second-order valence-electron chi connectivity index (χ2n) is 4.90.